The van der Waals surface area contributed by atoms with Crippen molar-refractivity contribution in [2.75, 3.05) is 0 Å². The van der Waals surface area contributed by atoms with Crippen molar-refractivity contribution in [1.29, 1.82) is 0 Å². The topological polar surface area (TPSA) is 58.2 Å². The Morgan fingerprint density at radius 1 is 0.960 bits per heavy atom. The van der Waals surface area contributed by atoms with Crippen LogP contribution < -0.4 is 10.9 Å². The average Bonchev–Trinajstić information content (AvgIpc) is 2.60. The molecule has 2 amide bonds. The third kappa shape index (κ3) is 4.03. The minimum absolute atomic E-state index is 0.131. The molecule has 3 rings (SSSR count). The van der Waals surface area contributed by atoms with Crippen LogP contribution in [0.4, 0.5) is 4.39 Å². The highest BCUT2D eigenvalue weighted by molar-refractivity contribution is 9.10. The van der Waals surface area contributed by atoms with E-state index in [1.807, 2.05) is 42.5 Å². The van der Waals surface area contributed by atoms with E-state index in [0.29, 0.717) is 4.47 Å². The second kappa shape index (κ2) is 7.44. The summed E-state index contributed by atoms with van der Waals surface area (Å²) in [7, 11) is 0. The molecule has 2 N–H and O–H groups in total. The predicted octanol–water partition coefficient (Wildman–Crippen LogP) is 3.75. The first-order chi connectivity index (χ1) is 12.0. The quantitative estimate of drug-likeness (QED) is 0.657. The Labute approximate surface area is 152 Å². The summed E-state index contributed by atoms with van der Waals surface area (Å²) >= 11 is 3.12. The second-order valence-corrected chi connectivity index (χ2v) is 6.30. The van der Waals surface area contributed by atoms with Crippen molar-refractivity contribution in [3.05, 3.63) is 82.1 Å². The van der Waals surface area contributed by atoms with Gasteiger partial charge in [0, 0.05) is 4.47 Å². The van der Waals surface area contributed by atoms with Gasteiger partial charge in [-0.05, 0) is 50.5 Å². The van der Waals surface area contributed by atoms with Crippen LogP contribution in [0, 0.1) is 5.82 Å². The van der Waals surface area contributed by atoms with E-state index in [1.165, 1.54) is 18.2 Å². The largest absolute Gasteiger partial charge is 0.273 e. The molecule has 0 heterocycles. The molecule has 0 spiro atoms. The lowest BCUT2D eigenvalue weighted by atomic mass is 10.0. The van der Waals surface area contributed by atoms with Gasteiger partial charge in [-0.1, -0.05) is 42.5 Å². The van der Waals surface area contributed by atoms with E-state index in [4.69, 9.17) is 0 Å². The van der Waals surface area contributed by atoms with Gasteiger partial charge in [-0.2, -0.15) is 0 Å². The van der Waals surface area contributed by atoms with Gasteiger partial charge in [-0.15, -0.1) is 0 Å². The summed E-state index contributed by atoms with van der Waals surface area (Å²) in [5.41, 5.74) is 5.82. The van der Waals surface area contributed by atoms with E-state index in [0.717, 1.165) is 16.3 Å². The second-order valence-electron chi connectivity index (χ2n) is 5.44. The Balaban J connectivity index is 1.65. The summed E-state index contributed by atoms with van der Waals surface area (Å²) in [5.74, 6) is -1.33. The molecule has 0 fully saturated rings. The molecule has 0 aliphatic heterocycles. The fraction of sp³-hybridized carbons (Fsp3) is 0.0526. The van der Waals surface area contributed by atoms with Crippen molar-refractivity contribution >= 4 is 38.5 Å². The van der Waals surface area contributed by atoms with Crippen molar-refractivity contribution in [1.82, 2.24) is 10.9 Å². The molecule has 0 radical (unpaired) electrons. The molecule has 0 bridgehead atoms. The van der Waals surface area contributed by atoms with Gasteiger partial charge in [0.15, 0.2) is 0 Å². The molecule has 0 aliphatic carbocycles. The van der Waals surface area contributed by atoms with E-state index in [2.05, 4.69) is 26.8 Å². The van der Waals surface area contributed by atoms with Crippen LogP contribution in [-0.4, -0.2) is 11.8 Å². The SMILES string of the molecule is O=C(Cc1cccc2ccccc12)NNC(=O)c1ccc(F)cc1Br. The van der Waals surface area contributed by atoms with Crippen LogP contribution in [0.3, 0.4) is 0 Å². The molecule has 0 aromatic heterocycles. The molecule has 126 valence electrons. The van der Waals surface area contributed by atoms with Gasteiger partial charge in [-0.25, -0.2) is 4.39 Å². The minimum atomic E-state index is -0.529. The maximum atomic E-state index is 13.1. The molecule has 0 atom stereocenters. The predicted molar refractivity (Wildman–Crippen MR) is 97.4 cm³/mol. The molecule has 25 heavy (non-hydrogen) atoms. The summed E-state index contributed by atoms with van der Waals surface area (Å²) in [6.07, 6.45) is 0.131. The van der Waals surface area contributed by atoms with Crippen molar-refractivity contribution in [2.45, 2.75) is 6.42 Å². The molecule has 0 saturated heterocycles. The van der Waals surface area contributed by atoms with E-state index in [9.17, 15) is 14.0 Å². The normalized spacial score (nSPS) is 10.5. The number of fused-ring (bicyclic) bond motifs is 1. The molecule has 6 heteroatoms. The van der Waals surface area contributed by atoms with Gasteiger partial charge in [0.1, 0.15) is 5.82 Å². The molecule has 0 saturated carbocycles. The first kappa shape index (κ1) is 17.1. The molecule has 4 nitrogen and oxygen atoms in total. The number of hydrogen-bond acceptors (Lipinski definition) is 2. The van der Waals surface area contributed by atoms with Gasteiger partial charge < -0.3 is 0 Å². The van der Waals surface area contributed by atoms with Crippen molar-refractivity contribution in [3.8, 4) is 0 Å². The Kier molecular flexibility index (Phi) is 5.09. The molecule has 0 aliphatic rings. The molecule has 3 aromatic rings. The lowest BCUT2D eigenvalue weighted by Crippen LogP contribution is -2.42. The van der Waals surface area contributed by atoms with E-state index in [-0.39, 0.29) is 17.9 Å². The van der Waals surface area contributed by atoms with Gasteiger partial charge in [0.25, 0.3) is 5.91 Å². The van der Waals surface area contributed by atoms with Crippen LogP contribution in [0.15, 0.2) is 65.1 Å². The van der Waals surface area contributed by atoms with Crippen LogP contribution in [-0.2, 0) is 11.2 Å². The maximum absolute atomic E-state index is 13.1. The fourth-order valence-electron chi connectivity index (χ4n) is 2.53. The summed E-state index contributed by atoms with van der Waals surface area (Å²) in [5, 5.41) is 2.04. The number of hydrogen-bond donors (Lipinski definition) is 2. The highest BCUT2D eigenvalue weighted by atomic mass is 79.9. The Hall–Kier alpha value is -2.73. The lowest BCUT2D eigenvalue weighted by Gasteiger charge is -2.10. The van der Waals surface area contributed by atoms with E-state index in [1.54, 1.807) is 0 Å². The highest BCUT2D eigenvalue weighted by Gasteiger charge is 2.12. The number of nitrogens with one attached hydrogen (secondary N) is 2. The van der Waals surface area contributed by atoms with Crippen LogP contribution in [0.25, 0.3) is 10.8 Å². The van der Waals surface area contributed by atoms with Crippen LogP contribution in [0.1, 0.15) is 15.9 Å². The van der Waals surface area contributed by atoms with Gasteiger partial charge in [0.2, 0.25) is 5.91 Å². The van der Waals surface area contributed by atoms with Gasteiger partial charge in [-0.3, -0.25) is 20.4 Å². The molecular formula is C19H14BrFN2O2. The minimum Gasteiger partial charge on any atom is -0.273 e. The number of rotatable bonds is 3. The Morgan fingerprint density at radius 2 is 1.72 bits per heavy atom. The monoisotopic (exact) mass is 400 g/mol. The number of amides is 2. The van der Waals surface area contributed by atoms with Crippen LogP contribution in [0.5, 0.6) is 0 Å². The first-order valence-corrected chi connectivity index (χ1v) is 8.35. The zero-order chi connectivity index (χ0) is 17.8. The summed E-state index contributed by atoms with van der Waals surface area (Å²) < 4.78 is 13.4. The van der Waals surface area contributed by atoms with E-state index >= 15 is 0 Å². The van der Waals surface area contributed by atoms with Crippen LogP contribution in [0.2, 0.25) is 0 Å². The van der Waals surface area contributed by atoms with Crippen molar-refractivity contribution < 1.29 is 14.0 Å². The average molecular weight is 401 g/mol. The highest BCUT2D eigenvalue weighted by Crippen LogP contribution is 2.19. The van der Waals surface area contributed by atoms with Crippen LogP contribution >= 0.6 is 15.9 Å². The van der Waals surface area contributed by atoms with Crippen molar-refractivity contribution in [2.24, 2.45) is 0 Å². The standard InChI is InChI=1S/C19H14BrFN2O2/c20-17-11-14(21)8-9-16(17)19(25)23-22-18(24)10-13-6-3-5-12-4-1-2-7-15(12)13/h1-9,11H,10H2,(H,22,24)(H,23,25). The lowest BCUT2D eigenvalue weighted by molar-refractivity contribution is -0.121. The summed E-state index contributed by atoms with van der Waals surface area (Å²) in [6, 6.07) is 17.2. The summed E-state index contributed by atoms with van der Waals surface area (Å²) in [6.45, 7) is 0. The molecule has 0 unspecified atom stereocenters. The van der Waals surface area contributed by atoms with Gasteiger partial charge in [0.05, 0.1) is 12.0 Å². The number of halogens is 2. The maximum Gasteiger partial charge on any atom is 0.270 e. The Morgan fingerprint density at radius 3 is 2.52 bits per heavy atom. The molecule has 3 aromatic carbocycles. The summed E-state index contributed by atoms with van der Waals surface area (Å²) in [4.78, 5) is 24.2. The zero-order valence-corrected chi connectivity index (χ0v) is 14.6. The van der Waals surface area contributed by atoms with Crippen molar-refractivity contribution in [3.63, 3.8) is 0 Å². The zero-order valence-electron chi connectivity index (χ0n) is 13.1. The Bertz CT molecular complexity index is 954. The smallest absolute Gasteiger partial charge is 0.270 e. The van der Waals surface area contributed by atoms with Gasteiger partial charge >= 0.3 is 0 Å². The molecular weight excluding hydrogens is 387 g/mol. The first-order valence-electron chi connectivity index (χ1n) is 7.55. The number of carbonyl (C=O) groups excluding carboxylic acids is 2. The third-order valence-electron chi connectivity index (χ3n) is 3.72. The number of hydrazine groups is 1. The third-order valence-corrected chi connectivity index (χ3v) is 4.38. The van der Waals surface area contributed by atoms with E-state index < -0.39 is 11.7 Å². The number of carbonyl (C=O) groups is 2. The number of benzene rings is 3. The fourth-order valence-corrected chi connectivity index (χ4v) is 3.06.